The lowest BCUT2D eigenvalue weighted by molar-refractivity contribution is 0.756. The lowest BCUT2D eigenvalue weighted by atomic mass is 10.1. The SMILES string of the molecule is CNCc1nc(-c2ccc(C)cc2)c2ccccn12. The second-order valence-electron chi connectivity index (χ2n) is 4.73. The Morgan fingerprint density at radius 2 is 1.89 bits per heavy atom. The number of hydrogen-bond donors (Lipinski definition) is 1. The second kappa shape index (κ2) is 4.86. The lowest BCUT2D eigenvalue weighted by Crippen LogP contribution is -2.08. The number of nitrogens with zero attached hydrogens (tertiary/aromatic N) is 2. The Balaban J connectivity index is 2.20. The first kappa shape index (κ1) is 11.9. The van der Waals surface area contributed by atoms with Gasteiger partial charge in [0.25, 0.3) is 0 Å². The van der Waals surface area contributed by atoms with Crippen molar-refractivity contribution in [1.82, 2.24) is 14.7 Å². The zero-order valence-electron chi connectivity index (χ0n) is 11.2. The van der Waals surface area contributed by atoms with Crippen LogP contribution in [-0.2, 0) is 6.54 Å². The van der Waals surface area contributed by atoms with Gasteiger partial charge in [-0.25, -0.2) is 4.98 Å². The molecule has 0 spiro atoms. The number of nitrogens with one attached hydrogen (secondary N) is 1. The number of fused-ring (bicyclic) bond motifs is 1. The molecule has 0 bridgehead atoms. The van der Waals surface area contributed by atoms with E-state index in [0.717, 1.165) is 29.1 Å². The summed E-state index contributed by atoms with van der Waals surface area (Å²) in [6, 6.07) is 14.7. The minimum absolute atomic E-state index is 0.761. The zero-order chi connectivity index (χ0) is 13.2. The van der Waals surface area contributed by atoms with Gasteiger partial charge in [0.2, 0.25) is 0 Å². The first-order chi connectivity index (χ1) is 9.29. The standard InChI is InChI=1S/C16H17N3/c1-12-6-8-13(9-7-12)16-14-5-3-4-10-19(14)15(18-16)11-17-2/h3-10,17H,11H2,1-2H3. The Kier molecular flexibility index (Phi) is 3.05. The second-order valence-corrected chi connectivity index (χ2v) is 4.73. The van der Waals surface area contributed by atoms with Crippen LogP contribution in [0.2, 0.25) is 0 Å². The van der Waals surface area contributed by atoms with Crippen molar-refractivity contribution in [3.05, 3.63) is 60.0 Å². The molecule has 0 aliphatic heterocycles. The quantitative estimate of drug-likeness (QED) is 0.775. The smallest absolute Gasteiger partial charge is 0.128 e. The molecule has 3 heteroatoms. The fraction of sp³-hybridized carbons (Fsp3) is 0.188. The van der Waals surface area contributed by atoms with Crippen molar-refractivity contribution in [2.45, 2.75) is 13.5 Å². The molecule has 1 aromatic carbocycles. The van der Waals surface area contributed by atoms with Crippen LogP contribution in [-0.4, -0.2) is 16.4 Å². The molecule has 0 aliphatic carbocycles. The van der Waals surface area contributed by atoms with E-state index in [9.17, 15) is 0 Å². The van der Waals surface area contributed by atoms with Gasteiger partial charge in [0, 0.05) is 11.8 Å². The summed E-state index contributed by atoms with van der Waals surface area (Å²) in [4.78, 5) is 4.78. The average molecular weight is 251 g/mol. The predicted molar refractivity (Wildman–Crippen MR) is 78.1 cm³/mol. The van der Waals surface area contributed by atoms with Crippen LogP contribution in [0.3, 0.4) is 0 Å². The van der Waals surface area contributed by atoms with Crippen LogP contribution in [0.15, 0.2) is 48.7 Å². The Morgan fingerprint density at radius 3 is 2.63 bits per heavy atom. The van der Waals surface area contributed by atoms with Crippen LogP contribution in [0.5, 0.6) is 0 Å². The third kappa shape index (κ3) is 2.13. The molecular weight excluding hydrogens is 234 g/mol. The molecule has 0 aliphatic rings. The molecule has 0 atom stereocenters. The van der Waals surface area contributed by atoms with Gasteiger partial charge < -0.3 is 9.72 Å². The van der Waals surface area contributed by atoms with E-state index in [0.29, 0.717) is 0 Å². The maximum atomic E-state index is 4.78. The number of pyridine rings is 1. The Bertz CT molecular complexity index is 696. The molecule has 0 saturated heterocycles. The predicted octanol–water partition coefficient (Wildman–Crippen LogP) is 3.03. The Hall–Kier alpha value is -2.13. The average Bonchev–Trinajstić information content (AvgIpc) is 2.80. The number of hydrogen-bond acceptors (Lipinski definition) is 2. The van der Waals surface area contributed by atoms with Gasteiger partial charge in [0.05, 0.1) is 17.8 Å². The molecule has 3 rings (SSSR count). The van der Waals surface area contributed by atoms with Gasteiger partial charge in [0.1, 0.15) is 5.82 Å². The van der Waals surface area contributed by atoms with E-state index in [-0.39, 0.29) is 0 Å². The molecular formula is C16H17N3. The highest BCUT2D eigenvalue weighted by atomic mass is 15.1. The maximum absolute atomic E-state index is 4.78. The van der Waals surface area contributed by atoms with E-state index >= 15 is 0 Å². The van der Waals surface area contributed by atoms with Gasteiger partial charge in [-0.3, -0.25) is 0 Å². The van der Waals surface area contributed by atoms with Crippen molar-refractivity contribution in [3.63, 3.8) is 0 Å². The molecule has 0 amide bonds. The van der Waals surface area contributed by atoms with Crippen LogP contribution in [0, 0.1) is 6.92 Å². The minimum atomic E-state index is 0.761. The number of benzene rings is 1. The fourth-order valence-electron chi connectivity index (χ4n) is 2.31. The third-order valence-corrected chi connectivity index (χ3v) is 3.28. The van der Waals surface area contributed by atoms with E-state index in [1.165, 1.54) is 5.56 Å². The number of imidazole rings is 1. The first-order valence-corrected chi connectivity index (χ1v) is 6.47. The molecule has 2 aromatic heterocycles. The van der Waals surface area contributed by atoms with Crippen molar-refractivity contribution in [2.75, 3.05) is 7.05 Å². The number of aryl methyl sites for hydroxylation is 1. The lowest BCUT2D eigenvalue weighted by Gasteiger charge is -2.00. The van der Waals surface area contributed by atoms with Crippen LogP contribution >= 0.6 is 0 Å². The maximum Gasteiger partial charge on any atom is 0.128 e. The summed E-state index contributed by atoms with van der Waals surface area (Å²) in [7, 11) is 1.94. The largest absolute Gasteiger partial charge is 0.313 e. The van der Waals surface area contributed by atoms with Gasteiger partial charge in [0.15, 0.2) is 0 Å². The molecule has 1 N–H and O–H groups in total. The van der Waals surface area contributed by atoms with Gasteiger partial charge in [-0.1, -0.05) is 35.9 Å². The highest BCUT2D eigenvalue weighted by Crippen LogP contribution is 2.25. The van der Waals surface area contributed by atoms with Crippen LogP contribution in [0.4, 0.5) is 0 Å². The Labute approximate surface area is 112 Å². The van der Waals surface area contributed by atoms with Crippen molar-refractivity contribution in [2.24, 2.45) is 0 Å². The van der Waals surface area contributed by atoms with E-state index in [1.807, 2.05) is 13.1 Å². The van der Waals surface area contributed by atoms with Crippen molar-refractivity contribution in [3.8, 4) is 11.3 Å². The van der Waals surface area contributed by atoms with Crippen molar-refractivity contribution < 1.29 is 0 Å². The van der Waals surface area contributed by atoms with Crippen molar-refractivity contribution in [1.29, 1.82) is 0 Å². The van der Waals surface area contributed by atoms with Crippen LogP contribution in [0.1, 0.15) is 11.4 Å². The fourth-order valence-corrected chi connectivity index (χ4v) is 2.31. The topological polar surface area (TPSA) is 29.3 Å². The molecule has 2 heterocycles. The molecule has 19 heavy (non-hydrogen) atoms. The minimum Gasteiger partial charge on any atom is -0.313 e. The van der Waals surface area contributed by atoms with Gasteiger partial charge in [-0.2, -0.15) is 0 Å². The van der Waals surface area contributed by atoms with Gasteiger partial charge in [-0.05, 0) is 26.1 Å². The summed E-state index contributed by atoms with van der Waals surface area (Å²) >= 11 is 0. The summed E-state index contributed by atoms with van der Waals surface area (Å²) < 4.78 is 2.14. The van der Waals surface area contributed by atoms with Crippen molar-refractivity contribution >= 4 is 5.52 Å². The summed E-state index contributed by atoms with van der Waals surface area (Å²) in [6.45, 7) is 2.86. The highest BCUT2D eigenvalue weighted by Gasteiger charge is 2.11. The van der Waals surface area contributed by atoms with E-state index in [1.54, 1.807) is 0 Å². The molecule has 3 nitrogen and oxygen atoms in total. The number of rotatable bonds is 3. The Morgan fingerprint density at radius 1 is 1.11 bits per heavy atom. The molecule has 0 fully saturated rings. The molecule has 0 saturated carbocycles. The summed E-state index contributed by atoms with van der Waals surface area (Å²) in [6.07, 6.45) is 2.06. The van der Waals surface area contributed by atoms with E-state index in [4.69, 9.17) is 4.98 Å². The highest BCUT2D eigenvalue weighted by molar-refractivity contribution is 5.77. The van der Waals surface area contributed by atoms with Crippen LogP contribution < -0.4 is 5.32 Å². The summed E-state index contributed by atoms with van der Waals surface area (Å²) in [5.74, 6) is 1.04. The molecule has 96 valence electrons. The van der Waals surface area contributed by atoms with Gasteiger partial charge in [-0.15, -0.1) is 0 Å². The van der Waals surface area contributed by atoms with E-state index in [2.05, 4.69) is 59.2 Å². The third-order valence-electron chi connectivity index (χ3n) is 3.28. The number of aromatic nitrogens is 2. The van der Waals surface area contributed by atoms with Gasteiger partial charge >= 0.3 is 0 Å². The monoisotopic (exact) mass is 251 g/mol. The zero-order valence-corrected chi connectivity index (χ0v) is 11.2. The molecule has 0 radical (unpaired) electrons. The molecule has 3 aromatic rings. The summed E-state index contributed by atoms with van der Waals surface area (Å²) in [5, 5.41) is 3.17. The molecule has 0 unspecified atom stereocenters. The first-order valence-electron chi connectivity index (χ1n) is 6.47. The van der Waals surface area contributed by atoms with E-state index < -0.39 is 0 Å². The van der Waals surface area contributed by atoms with Crippen LogP contribution in [0.25, 0.3) is 16.8 Å². The summed E-state index contributed by atoms with van der Waals surface area (Å²) in [5.41, 5.74) is 4.63. The normalized spacial score (nSPS) is 11.1.